The van der Waals surface area contributed by atoms with Crippen molar-refractivity contribution in [1.29, 1.82) is 0 Å². The molecular formula is C57H44O4. The summed E-state index contributed by atoms with van der Waals surface area (Å²) in [6.45, 7) is 6.29. The molecule has 0 amide bonds. The third-order valence-electron chi connectivity index (χ3n) is 11.6. The number of hydrogen-bond donors (Lipinski definition) is 0. The number of rotatable bonds is 10. The number of benzene rings is 9. The molecule has 9 aromatic carbocycles. The Kier molecular flexibility index (Phi) is 10.8. The zero-order valence-corrected chi connectivity index (χ0v) is 34.4. The van der Waals surface area contributed by atoms with Crippen LogP contribution in [0.2, 0.25) is 0 Å². The highest BCUT2D eigenvalue weighted by molar-refractivity contribution is 6.10. The van der Waals surface area contributed by atoms with Gasteiger partial charge in [-0.25, -0.2) is 9.59 Å². The lowest BCUT2D eigenvalue weighted by Crippen LogP contribution is -2.12. The molecule has 0 bridgehead atoms. The van der Waals surface area contributed by atoms with Crippen molar-refractivity contribution in [2.24, 2.45) is 0 Å². The molecule has 0 aliphatic heterocycles. The lowest BCUT2D eigenvalue weighted by atomic mass is 9.86. The predicted octanol–water partition coefficient (Wildman–Crippen LogP) is 14.5. The molecule has 4 heteroatoms. The molecule has 9 aromatic rings. The number of ether oxygens (including phenoxy) is 2. The Hall–Kier alpha value is -7.56. The molecule has 0 saturated carbocycles. The smallest absolute Gasteiger partial charge is 0.343 e. The maximum Gasteiger partial charge on any atom is 0.343 e. The van der Waals surface area contributed by atoms with Gasteiger partial charge in [0.25, 0.3) is 0 Å². The Morgan fingerprint density at radius 1 is 0.410 bits per heavy atom. The fourth-order valence-corrected chi connectivity index (χ4v) is 8.15. The number of fused-ring (bicyclic) bond motifs is 2. The van der Waals surface area contributed by atoms with E-state index in [1.165, 1.54) is 11.1 Å². The lowest BCUT2D eigenvalue weighted by Gasteiger charge is -2.23. The van der Waals surface area contributed by atoms with Gasteiger partial charge in [-0.2, -0.15) is 0 Å². The fourth-order valence-electron chi connectivity index (χ4n) is 8.15. The molecule has 0 aliphatic rings. The molecule has 4 nitrogen and oxygen atoms in total. The zero-order valence-electron chi connectivity index (χ0n) is 34.4. The SMILES string of the molecule is CCc1ccc(-c2ccc(C(=O)Oc3c(-c4c(-c5ccccc5)cc5ccccc5c4OC(=O)c4ccc(-c5ccc(CC)cc5)cc4)c(C)cc4ccccc34)cc2)cc1. The molecule has 0 unspecified atom stereocenters. The Bertz CT molecular complexity index is 3040. The standard InChI is InChI=1S/C57H44O4/c1-4-38-19-23-40(24-20-38)42-27-31-45(32-28-42)56(58)60-54-49-17-11-9-15-47(49)35-37(3)52(54)53-51(44-13-7-6-8-14-44)36-48-16-10-12-18-50(48)55(53)61-57(59)46-33-29-43(30-34-46)41-25-21-39(5-2)22-26-41/h6-36H,4-5H2,1-3H3. The number of carbonyl (C=O) groups excluding carboxylic acids is 2. The van der Waals surface area contributed by atoms with Crippen molar-refractivity contribution in [3.05, 3.63) is 216 Å². The van der Waals surface area contributed by atoms with E-state index in [2.05, 4.69) is 74.5 Å². The predicted molar refractivity (Wildman–Crippen MR) is 249 cm³/mol. The molecule has 0 aromatic heterocycles. The average molecular weight is 793 g/mol. The molecule has 296 valence electrons. The molecule has 0 spiro atoms. The maximum absolute atomic E-state index is 14.4. The van der Waals surface area contributed by atoms with E-state index in [-0.39, 0.29) is 0 Å². The molecule has 9 rings (SSSR count). The highest BCUT2D eigenvalue weighted by Gasteiger charge is 2.27. The van der Waals surface area contributed by atoms with Gasteiger partial charge in [-0.05, 0) is 111 Å². The van der Waals surface area contributed by atoms with Crippen molar-refractivity contribution in [3.63, 3.8) is 0 Å². The Morgan fingerprint density at radius 2 is 0.803 bits per heavy atom. The summed E-state index contributed by atoms with van der Waals surface area (Å²) < 4.78 is 13.2. The van der Waals surface area contributed by atoms with E-state index >= 15 is 0 Å². The van der Waals surface area contributed by atoms with E-state index in [4.69, 9.17) is 9.47 Å². The van der Waals surface area contributed by atoms with Crippen LogP contribution in [0.5, 0.6) is 11.5 Å². The van der Waals surface area contributed by atoms with Crippen molar-refractivity contribution in [2.75, 3.05) is 0 Å². The minimum atomic E-state index is -0.495. The van der Waals surface area contributed by atoms with Crippen molar-refractivity contribution in [1.82, 2.24) is 0 Å². The molecular weight excluding hydrogens is 749 g/mol. The first-order valence-corrected chi connectivity index (χ1v) is 20.9. The molecule has 0 N–H and O–H groups in total. The van der Waals surface area contributed by atoms with Crippen LogP contribution in [0, 0.1) is 6.92 Å². The number of esters is 2. The Labute approximate surface area is 356 Å². The summed E-state index contributed by atoms with van der Waals surface area (Å²) >= 11 is 0. The van der Waals surface area contributed by atoms with Crippen LogP contribution >= 0.6 is 0 Å². The highest BCUT2D eigenvalue weighted by atomic mass is 16.5. The molecule has 0 atom stereocenters. The molecule has 61 heavy (non-hydrogen) atoms. The normalized spacial score (nSPS) is 11.1. The Balaban J connectivity index is 1.18. The van der Waals surface area contributed by atoms with E-state index in [1.54, 1.807) is 0 Å². The molecule has 0 fully saturated rings. The van der Waals surface area contributed by atoms with E-state index in [1.807, 2.05) is 134 Å². The van der Waals surface area contributed by atoms with Crippen LogP contribution in [-0.4, -0.2) is 11.9 Å². The second-order valence-corrected chi connectivity index (χ2v) is 15.4. The van der Waals surface area contributed by atoms with Crippen molar-refractivity contribution in [2.45, 2.75) is 33.6 Å². The first-order valence-electron chi connectivity index (χ1n) is 20.9. The topological polar surface area (TPSA) is 52.6 Å². The van der Waals surface area contributed by atoms with Crippen LogP contribution in [0.4, 0.5) is 0 Å². The number of aryl methyl sites for hydroxylation is 3. The monoisotopic (exact) mass is 792 g/mol. The van der Waals surface area contributed by atoms with Gasteiger partial charge >= 0.3 is 11.9 Å². The number of hydrogen-bond acceptors (Lipinski definition) is 4. The van der Waals surface area contributed by atoms with E-state index in [9.17, 15) is 9.59 Å². The Morgan fingerprint density at radius 3 is 1.26 bits per heavy atom. The summed E-state index contributed by atoms with van der Waals surface area (Å²) in [7, 11) is 0. The highest BCUT2D eigenvalue weighted by Crippen LogP contribution is 2.51. The molecule has 0 saturated heterocycles. The largest absolute Gasteiger partial charge is 0.422 e. The average Bonchev–Trinajstić information content (AvgIpc) is 3.32. The quantitative estimate of drug-likeness (QED) is 0.102. The van der Waals surface area contributed by atoms with Crippen molar-refractivity contribution in [3.8, 4) is 56.0 Å². The van der Waals surface area contributed by atoms with Gasteiger partial charge in [0.2, 0.25) is 0 Å². The van der Waals surface area contributed by atoms with Gasteiger partial charge in [0.05, 0.1) is 11.1 Å². The van der Waals surface area contributed by atoms with Crippen LogP contribution in [-0.2, 0) is 12.8 Å². The van der Waals surface area contributed by atoms with E-state index in [0.717, 1.165) is 73.3 Å². The minimum Gasteiger partial charge on any atom is -0.422 e. The summed E-state index contributed by atoms with van der Waals surface area (Å²) in [5.74, 6) is -0.209. The molecule has 0 radical (unpaired) electrons. The second-order valence-electron chi connectivity index (χ2n) is 15.4. The zero-order chi connectivity index (χ0) is 41.9. The van der Waals surface area contributed by atoms with Gasteiger partial charge in [0, 0.05) is 21.9 Å². The van der Waals surface area contributed by atoms with Gasteiger partial charge in [-0.1, -0.05) is 172 Å². The number of carbonyl (C=O) groups is 2. The molecule has 0 aliphatic carbocycles. The molecule has 0 heterocycles. The van der Waals surface area contributed by atoms with Crippen LogP contribution in [0.25, 0.3) is 66.1 Å². The van der Waals surface area contributed by atoms with E-state index < -0.39 is 11.9 Å². The van der Waals surface area contributed by atoms with Crippen LogP contribution in [0.15, 0.2) is 188 Å². The fraction of sp³-hybridized carbons (Fsp3) is 0.0877. The van der Waals surface area contributed by atoms with E-state index in [0.29, 0.717) is 33.8 Å². The van der Waals surface area contributed by atoms with Crippen molar-refractivity contribution >= 4 is 33.5 Å². The summed E-state index contributed by atoms with van der Waals surface area (Å²) in [6, 6.07) is 62.1. The summed E-state index contributed by atoms with van der Waals surface area (Å²) in [5, 5.41) is 3.34. The summed E-state index contributed by atoms with van der Waals surface area (Å²) in [4.78, 5) is 28.8. The maximum atomic E-state index is 14.4. The van der Waals surface area contributed by atoms with Gasteiger partial charge in [0.1, 0.15) is 11.5 Å². The van der Waals surface area contributed by atoms with Crippen LogP contribution in [0.1, 0.15) is 51.3 Å². The first kappa shape index (κ1) is 38.9. The van der Waals surface area contributed by atoms with Gasteiger partial charge in [0.15, 0.2) is 0 Å². The third-order valence-corrected chi connectivity index (χ3v) is 11.6. The lowest BCUT2D eigenvalue weighted by molar-refractivity contribution is 0.0725. The summed E-state index contributed by atoms with van der Waals surface area (Å²) in [5.41, 5.74) is 11.5. The van der Waals surface area contributed by atoms with Gasteiger partial charge in [-0.3, -0.25) is 0 Å². The van der Waals surface area contributed by atoms with Gasteiger partial charge in [-0.15, -0.1) is 0 Å². The second kappa shape index (κ2) is 17.0. The van der Waals surface area contributed by atoms with Gasteiger partial charge < -0.3 is 9.47 Å². The van der Waals surface area contributed by atoms with Crippen LogP contribution in [0.3, 0.4) is 0 Å². The third kappa shape index (κ3) is 7.84. The first-order chi connectivity index (χ1) is 29.9. The van der Waals surface area contributed by atoms with Crippen LogP contribution < -0.4 is 9.47 Å². The summed E-state index contributed by atoms with van der Waals surface area (Å²) in [6.07, 6.45) is 1.94. The minimum absolute atomic E-state index is 0.385. The van der Waals surface area contributed by atoms with Crippen molar-refractivity contribution < 1.29 is 19.1 Å².